The third-order valence-corrected chi connectivity index (χ3v) is 5.31. The first-order valence-electron chi connectivity index (χ1n) is 8.23. The molecule has 3 rings (SSSR count). The number of ether oxygens (including phenoxy) is 1. The summed E-state index contributed by atoms with van der Waals surface area (Å²) in [5.41, 5.74) is -0.301. The first kappa shape index (κ1) is 19.1. The molecule has 0 amide bonds. The molecule has 0 saturated carbocycles. The summed E-state index contributed by atoms with van der Waals surface area (Å²) in [5, 5.41) is 16.6. The first-order valence-corrected chi connectivity index (χ1v) is 9.77. The third kappa shape index (κ3) is 4.34. The normalized spacial score (nSPS) is 15.6. The number of primary sulfonamides is 1. The van der Waals surface area contributed by atoms with Crippen LogP contribution in [-0.2, 0) is 10.0 Å². The molecule has 1 fully saturated rings. The van der Waals surface area contributed by atoms with E-state index in [0.29, 0.717) is 31.7 Å². The van der Waals surface area contributed by atoms with Gasteiger partial charge >= 0.3 is 5.69 Å². The number of nitro groups is 1. The van der Waals surface area contributed by atoms with Gasteiger partial charge in [-0.15, -0.1) is 0 Å². The molecular weight excluding hydrogens is 377 g/mol. The van der Waals surface area contributed by atoms with Gasteiger partial charge in [0, 0.05) is 25.9 Å². The quantitative estimate of drug-likeness (QED) is 0.614. The van der Waals surface area contributed by atoms with Gasteiger partial charge in [-0.3, -0.25) is 10.1 Å². The number of hydrogen-bond acceptors (Lipinski definition) is 6. The number of benzene rings is 2. The van der Waals surface area contributed by atoms with Gasteiger partial charge < -0.3 is 9.64 Å². The highest BCUT2D eigenvalue weighted by molar-refractivity contribution is 7.89. The van der Waals surface area contributed by atoms with Crippen molar-refractivity contribution in [1.82, 2.24) is 0 Å². The number of nitro benzene ring substituents is 1. The van der Waals surface area contributed by atoms with Crippen molar-refractivity contribution in [3.05, 3.63) is 58.4 Å². The number of nitrogens with zero attached hydrogens (tertiary/aromatic N) is 2. The molecule has 8 nitrogen and oxygen atoms in total. The minimum absolute atomic E-state index is 0.118. The van der Waals surface area contributed by atoms with E-state index in [9.17, 15) is 22.9 Å². The maximum atomic E-state index is 13.0. The van der Waals surface area contributed by atoms with Crippen molar-refractivity contribution < 1.29 is 22.5 Å². The van der Waals surface area contributed by atoms with E-state index in [1.54, 1.807) is 17.0 Å². The highest BCUT2D eigenvalue weighted by atomic mass is 32.2. The van der Waals surface area contributed by atoms with Crippen LogP contribution in [0.2, 0.25) is 0 Å². The zero-order valence-electron chi connectivity index (χ0n) is 14.2. The lowest BCUT2D eigenvalue weighted by Gasteiger charge is -2.33. The van der Waals surface area contributed by atoms with E-state index in [1.165, 1.54) is 24.3 Å². The van der Waals surface area contributed by atoms with Gasteiger partial charge in [0.05, 0.1) is 4.92 Å². The molecule has 0 unspecified atom stereocenters. The number of sulfonamides is 1. The molecule has 27 heavy (non-hydrogen) atoms. The van der Waals surface area contributed by atoms with Gasteiger partial charge in [0.2, 0.25) is 10.0 Å². The summed E-state index contributed by atoms with van der Waals surface area (Å²) < 4.78 is 42.1. The van der Waals surface area contributed by atoms with E-state index in [1.807, 2.05) is 0 Å². The number of nitrogens with two attached hydrogens (primary N) is 1. The summed E-state index contributed by atoms with van der Waals surface area (Å²) in [5.74, 6) is 0.205. The Labute approximate surface area is 155 Å². The van der Waals surface area contributed by atoms with E-state index in [2.05, 4.69) is 0 Å². The van der Waals surface area contributed by atoms with Crippen LogP contribution in [0.3, 0.4) is 0 Å². The smallest absolute Gasteiger partial charge is 0.312 e. The SMILES string of the molecule is NS(=O)(=O)c1cccc(N2CCC(Oc3ccc(F)cc3)CC2)c1[N+](=O)[O-]. The molecule has 2 aromatic rings. The largest absolute Gasteiger partial charge is 0.490 e. The molecule has 0 spiro atoms. The standard InChI is InChI=1S/C17H18FN3O5S/c18-12-4-6-13(7-5-12)26-14-8-10-20(11-9-14)15-2-1-3-16(27(19,24)25)17(15)21(22)23/h1-7,14H,8-11H2,(H2,19,24,25). The van der Waals surface area contributed by atoms with Crippen molar-refractivity contribution in [2.75, 3.05) is 18.0 Å². The lowest BCUT2D eigenvalue weighted by atomic mass is 10.1. The first-order chi connectivity index (χ1) is 12.8. The second kappa shape index (κ2) is 7.49. The Morgan fingerprint density at radius 1 is 1.15 bits per heavy atom. The zero-order chi connectivity index (χ0) is 19.6. The van der Waals surface area contributed by atoms with E-state index < -0.39 is 25.5 Å². The Bertz CT molecular complexity index is 942. The van der Waals surface area contributed by atoms with Crippen LogP contribution in [0.5, 0.6) is 5.75 Å². The summed E-state index contributed by atoms with van der Waals surface area (Å²) in [6.45, 7) is 0.890. The summed E-state index contributed by atoms with van der Waals surface area (Å²) >= 11 is 0. The maximum Gasteiger partial charge on any atom is 0.312 e. The second-order valence-electron chi connectivity index (χ2n) is 6.18. The summed E-state index contributed by atoms with van der Waals surface area (Å²) in [7, 11) is -4.22. The average molecular weight is 395 g/mol. The Balaban J connectivity index is 1.76. The molecule has 0 bridgehead atoms. The molecule has 0 aromatic heterocycles. The highest BCUT2D eigenvalue weighted by Crippen LogP contribution is 2.35. The molecule has 1 aliphatic rings. The Morgan fingerprint density at radius 2 is 1.78 bits per heavy atom. The Hall–Kier alpha value is -2.72. The van der Waals surface area contributed by atoms with Gasteiger partial charge in [-0.25, -0.2) is 17.9 Å². The Kier molecular flexibility index (Phi) is 5.29. The van der Waals surface area contributed by atoms with Crippen molar-refractivity contribution in [2.45, 2.75) is 23.8 Å². The van der Waals surface area contributed by atoms with Gasteiger partial charge in [0.1, 0.15) is 23.4 Å². The van der Waals surface area contributed by atoms with Crippen LogP contribution < -0.4 is 14.8 Å². The lowest BCUT2D eigenvalue weighted by molar-refractivity contribution is -0.387. The van der Waals surface area contributed by atoms with Crippen molar-refractivity contribution >= 4 is 21.4 Å². The lowest BCUT2D eigenvalue weighted by Crippen LogP contribution is -2.38. The average Bonchev–Trinajstić information content (AvgIpc) is 2.63. The van der Waals surface area contributed by atoms with E-state index >= 15 is 0 Å². The van der Waals surface area contributed by atoms with E-state index in [0.717, 1.165) is 6.07 Å². The predicted molar refractivity (Wildman–Crippen MR) is 96.7 cm³/mol. The molecule has 0 atom stereocenters. The van der Waals surface area contributed by atoms with Gasteiger partial charge in [-0.2, -0.15) is 0 Å². The zero-order valence-corrected chi connectivity index (χ0v) is 15.1. The maximum absolute atomic E-state index is 13.0. The van der Waals surface area contributed by atoms with Crippen LogP contribution in [0.4, 0.5) is 15.8 Å². The Morgan fingerprint density at radius 3 is 2.33 bits per heavy atom. The third-order valence-electron chi connectivity index (χ3n) is 4.37. The van der Waals surface area contributed by atoms with Crippen molar-refractivity contribution in [1.29, 1.82) is 0 Å². The van der Waals surface area contributed by atoms with Crippen molar-refractivity contribution in [3.63, 3.8) is 0 Å². The van der Waals surface area contributed by atoms with E-state index in [-0.39, 0.29) is 17.6 Å². The number of para-hydroxylation sites is 1. The summed E-state index contributed by atoms with van der Waals surface area (Å²) in [4.78, 5) is 12.0. The predicted octanol–water partition coefficient (Wildman–Crippen LogP) is 2.43. The molecule has 1 saturated heterocycles. The van der Waals surface area contributed by atoms with Crippen molar-refractivity contribution in [2.24, 2.45) is 5.14 Å². The molecule has 1 aliphatic heterocycles. The minimum Gasteiger partial charge on any atom is -0.490 e. The fraction of sp³-hybridized carbons (Fsp3) is 0.294. The number of piperidine rings is 1. The molecular formula is C17H18FN3O5S. The topological polar surface area (TPSA) is 116 Å². The van der Waals surface area contributed by atoms with E-state index in [4.69, 9.17) is 9.88 Å². The van der Waals surface area contributed by atoms with Crippen LogP contribution in [0.25, 0.3) is 0 Å². The second-order valence-corrected chi connectivity index (χ2v) is 7.71. The fourth-order valence-corrected chi connectivity index (χ4v) is 3.82. The molecule has 1 heterocycles. The molecule has 2 aromatic carbocycles. The molecule has 144 valence electrons. The van der Waals surface area contributed by atoms with Crippen LogP contribution in [-0.4, -0.2) is 32.5 Å². The van der Waals surface area contributed by atoms with Crippen molar-refractivity contribution in [3.8, 4) is 5.75 Å². The molecule has 0 radical (unpaired) electrons. The van der Waals surface area contributed by atoms with Gasteiger partial charge in [0.15, 0.2) is 4.90 Å². The summed E-state index contributed by atoms with van der Waals surface area (Å²) in [6, 6.07) is 9.78. The fourth-order valence-electron chi connectivity index (χ4n) is 3.10. The highest BCUT2D eigenvalue weighted by Gasteiger charge is 2.31. The van der Waals surface area contributed by atoms with Crippen LogP contribution >= 0.6 is 0 Å². The molecule has 0 aliphatic carbocycles. The van der Waals surface area contributed by atoms with Crippen LogP contribution in [0.1, 0.15) is 12.8 Å². The molecule has 2 N–H and O–H groups in total. The number of anilines is 1. The van der Waals surface area contributed by atoms with Gasteiger partial charge in [-0.05, 0) is 36.4 Å². The van der Waals surface area contributed by atoms with Gasteiger partial charge in [-0.1, -0.05) is 6.07 Å². The molecule has 10 heteroatoms. The number of halogens is 1. The van der Waals surface area contributed by atoms with Gasteiger partial charge in [0.25, 0.3) is 0 Å². The number of hydrogen-bond donors (Lipinski definition) is 1. The minimum atomic E-state index is -4.22. The van der Waals surface area contributed by atoms with Crippen LogP contribution in [0, 0.1) is 15.9 Å². The summed E-state index contributed by atoms with van der Waals surface area (Å²) in [6.07, 6.45) is 1.04. The van der Waals surface area contributed by atoms with Crippen LogP contribution in [0.15, 0.2) is 47.4 Å². The number of rotatable bonds is 5. The monoisotopic (exact) mass is 395 g/mol.